The van der Waals surface area contributed by atoms with Crippen LogP contribution in [0, 0.1) is 5.92 Å². The first-order chi connectivity index (χ1) is 16.6. The Labute approximate surface area is 199 Å². The number of ketones is 1. The summed E-state index contributed by atoms with van der Waals surface area (Å²) in [6.07, 6.45) is 9.00. The number of rotatable bonds is 6. The normalized spacial score (nSPS) is 20.9. The third-order valence-electron chi connectivity index (χ3n) is 7.02. The molecule has 0 spiro atoms. The lowest BCUT2D eigenvalue weighted by atomic mass is 9.96. The third kappa shape index (κ3) is 4.60. The molecule has 0 bridgehead atoms. The van der Waals surface area contributed by atoms with Crippen LogP contribution in [0.4, 0.5) is 0 Å². The molecule has 7 nitrogen and oxygen atoms in total. The van der Waals surface area contributed by atoms with E-state index in [2.05, 4.69) is 17.1 Å². The highest BCUT2D eigenvalue weighted by atomic mass is 16.5. The second kappa shape index (κ2) is 9.79. The van der Waals surface area contributed by atoms with Gasteiger partial charge < -0.3 is 9.64 Å². The van der Waals surface area contributed by atoms with Gasteiger partial charge in [0.1, 0.15) is 11.9 Å². The molecular weight excluding hydrogens is 428 g/mol. The quantitative estimate of drug-likeness (QED) is 0.500. The number of likely N-dealkylation sites (tertiary alicyclic amines) is 1. The van der Waals surface area contributed by atoms with Crippen LogP contribution in [0.25, 0.3) is 5.69 Å². The average Bonchev–Trinajstić information content (AvgIpc) is 3.59. The fourth-order valence-corrected chi connectivity index (χ4v) is 5.12. The molecule has 1 aliphatic heterocycles. The number of carbonyl (C=O) groups excluding carboxylic acids is 2. The Hall–Kier alpha value is -3.48. The van der Waals surface area contributed by atoms with E-state index in [1.807, 2.05) is 53.4 Å². The molecule has 2 fully saturated rings. The van der Waals surface area contributed by atoms with Crippen LogP contribution >= 0.6 is 0 Å². The molecule has 0 radical (unpaired) electrons. The summed E-state index contributed by atoms with van der Waals surface area (Å²) in [4.78, 5) is 29.8. The fourth-order valence-electron chi connectivity index (χ4n) is 5.12. The van der Waals surface area contributed by atoms with Gasteiger partial charge in [-0.05, 0) is 56.9 Å². The smallest absolute Gasteiger partial charge is 0.256 e. The summed E-state index contributed by atoms with van der Waals surface area (Å²) in [5.41, 5.74) is 1.95. The Balaban J connectivity index is 1.31. The van der Waals surface area contributed by atoms with Gasteiger partial charge >= 0.3 is 0 Å². The number of carbonyl (C=O) groups is 2. The highest BCUT2D eigenvalue weighted by Gasteiger charge is 2.32. The molecule has 1 saturated carbocycles. The van der Waals surface area contributed by atoms with Crippen LogP contribution in [0.3, 0.4) is 0 Å². The zero-order valence-corrected chi connectivity index (χ0v) is 19.5. The summed E-state index contributed by atoms with van der Waals surface area (Å²) in [7, 11) is 0. The van der Waals surface area contributed by atoms with E-state index in [1.54, 1.807) is 12.4 Å². The highest BCUT2D eigenvalue weighted by Crippen LogP contribution is 2.30. The molecule has 34 heavy (non-hydrogen) atoms. The zero-order valence-electron chi connectivity index (χ0n) is 19.5. The van der Waals surface area contributed by atoms with Gasteiger partial charge in [0.05, 0.1) is 30.2 Å². The summed E-state index contributed by atoms with van der Waals surface area (Å²) in [5.74, 6) is 1.000. The van der Waals surface area contributed by atoms with E-state index in [-0.39, 0.29) is 29.8 Å². The summed E-state index contributed by atoms with van der Waals surface area (Å²) in [6, 6.07) is 15.0. The number of Topliss-reactive ketones (excluding diaryl/α,β-unsaturated/α-hetero) is 1. The SMILES string of the molecule is CC1CCC(Oc2cccc(C(=O)C3CCCC3)c2)CN1C(=O)c1ccccc1-n1nccn1. The maximum atomic E-state index is 13.6. The molecule has 3 aromatic rings. The van der Waals surface area contributed by atoms with E-state index < -0.39 is 0 Å². The van der Waals surface area contributed by atoms with Crippen molar-refractivity contribution in [1.82, 2.24) is 19.9 Å². The van der Waals surface area contributed by atoms with E-state index in [0.717, 1.165) is 44.1 Å². The van der Waals surface area contributed by atoms with Crippen molar-refractivity contribution in [2.45, 2.75) is 57.6 Å². The van der Waals surface area contributed by atoms with Crippen LogP contribution in [0.5, 0.6) is 5.75 Å². The highest BCUT2D eigenvalue weighted by molar-refractivity contribution is 5.98. The molecule has 1 aliphatic carbocycles. The summed E-state index contributed by atoms with van der Waals surface area (Å²) in [5, 5.41) is 8.40. The van der Waals surface area contributed by atoms with E-state index in [1.165, 1.54) is 4.80 Å². The number of ether oxygens (including phenoxy) is 1. The zero-order chi connectivity index (χ0) is 23.5. The molecule has 0 N–H and O–H groups in total. The average molecular weight is 459 g/mol. The Bertz CT molecular complexity index is 1150. The van der Waals surface area contributed by atoms with E-state index >= 15 is 0 Å². The molecule has 1 saturated heterocycles. The van der Waals surface area contributed by atoms with Crippen molar-refractivity contribution >= 4 is 11.7 Å². The van der Waals surface area contributed by atoms with E-state index in [0.29, 0.717) is 23.5 Å². The second-order valence-corrected chi connectivity index (χ2v) is 9.33. The van der Waals surface area contributed by atoms with Gasteiger partial charge in [-0.3, -0.25) is 9.59 Å². The molecule has 1 amide bonds. The van der Waals surface area contributed by atoms with Crippen molar-refractivity contribution in [3.8, 4) is 11.4 Å². The van der Waals surface area contributed by atoms with Crippen LogP contribution in [-0.4, -0.2) is 50.3 Å². The second-order valence-electron chi connectivity index (χ2n) is 9.33. The summed E-state index contributed by atoms with van der Waals surface area (Å²) >= 11 is 0. The van der Waals surface area contributed by atoms with Crippen LogP contribution in [0.1, 0.15) is 66.2 Å². The van der Waals surface area contributed by atoms with Crippen molar-refractivity contribution < 1.29 is 14.3 Å². The molecule has 1 aromatic heterocycles. The Morgan fingerprint density at radius 3 is 2.50 bits per heavy atom. The van der Waals surface area contributed by atoms with Crippen LogP contribution in [0.15, 0.2) is 60.9 Å². The molecule has 2 unspecified atom stereocenters. The fraction of sp³-hybridized carbons (Fsp3) is 0.407. The van der Waals surface area contributed by atoms with Crippen LogP contribution < -0.4 is 4.74 Å². The molecular formula is C27H30N4O3. The summed E-state index contributed by atoms with van der Waals surface area (Å²) < 4.78 is 6.30. The molecule has 2 atom stereocenters. The van der Waals surface area contributed by atoms with Gasteiger partial charge in [-0.15, -0.1) is 0 Å². The minimum atomic E-state index is -0.132. The molecule has 5 rings (SSSR count). The first-order valence-electron chi connectivity index (χ1n) is 12.2. The van der Waals surface area contributed by atoms with Crippen molar-refractivity contribution in [2.24, 2.45) is 5.92 Å². The third-order valence-corrected chi connectivity index (χ3v) is 7.02. The number of aromatic nitrogens is 3. The first-order valence-corrected chi connectivity index (χ1v) is 12.2. The molecule has 7 heteroatoms. The lowest BCUT2D eigenvalue weighted by molar-refractivity contribution is 0.0384. The Kier molecular flexibility index (Phi) is 6.43. The first kappa shape index (κ1) is 22.3. The van der Waals surface area contributed by atoms with Gasteiger partial charge in [-0.1, -0.05) is 37.1 Å². The number of hydrogen-bond acceptors (Lipinski definition) is 5. The topological polar surface area (TPSA) is 77.3 Å². The number of piperidine rings is 1. The number of amides is 1. The lowest BCUT2D eigenvalue weighted by Gasteiger charge is -2.38. The van der Waals surface area contributed by atoms with Crippen LogP contribution in [-0.2, 0) is 0 Å². The monoisotopic (exact) mass is 458 g/mol. The maximum Gasteiger partial charge on any atom is 0.256 e. The van der Waals surface area contributed by atoms with Crippen LogP contribution in [0.2, 0.25) is 0 Å². The van der Waals surface area contributed by atoms with Crippen molar-refractivity contribution in [2.75, 3.05) is 6.54 Å². The standard InChI is InChI=1S/C27H30N4O3/c1-19-13-14-23(34-22-10-6-9-21(17-22)26(32)20-7-2-3-8-20)18-30(19)27(33)24-11-4-5-12-25(24)31-28-15-16-29-31/h4-6,9-12,15-17,19-20,23H,2-3,7-8,13-14,18H2,1H3. The van der Waals surface area contributed by atoms with Gasteiger partial charge in [0, 0.05) is 17.5 Å². The number of nitrogens with zero attached hydrogens (tertiary/aromatic N) is 4. The molecule has 2 aliphatic rings. The van der Waals surface area contributed by atoms with Gasteiger partial charge in [0.25, 0.3) is 5.91 Å². The number of benzene rings is 2. The minimum absolute atomic E-state index is 0.0566. The van der Waals surface area contributed by atoms with Gasteiger partial charge in [0.15, 0.2) is 5.78 Å². The molecule has 2 aromatic carbocycles. The largest absolute Gasteiger partial charge is 0.489 e. The predicted octanol–water partition coefficient (Wildman–Crippen LogP) is 4.71. The lowest BCUT2D eigenvalue weighted by Crippen LogP contribution is -2.49. The van der Waals surface area contributed by atoms with Gasteiger partial charge in [0.2, 0.25) is 0 Å². The Morgan fingerprint density at radius 2 is 1.71 bits per heavy atom. The Morgan fingerprint density at radius 1 is 0.941 bits per heavy atom. The molecule has 2 heterocycles. The van der Waals surface area contributed by atoms with Crippen molar-refractivity contribution in [3.63, 3.8) is 0 Å². The number of hydrogen-bond donors (Lipinski definition) is 0. The van der Waals surface area contributed by atoms with Crippen molar-refractivity contribution in [3.05, 3.63) is 72.1 Å². The minimum Gasteiger partial charge on any atom is -0.489 e. The predicted molar refractivity (Wildman–Crippen MR) is 128 cm³/mol. The van der Waals surface area contributed by atoms with E-state index in [4.69, 9.17) is 4.74 Å². The van der Waals surface area contributed by atoms with Gasteiger partial charge in [-0.25, -0.2) is 0 Å². The van der Waals surface area contributed by atoms with Gasteiger partial charge in [-0.2, -0.15) is 15.0 Å². The van der Waals surface area contributed by atoms with E-state index in [9.17, 15) is 9.59 Å². The van der Waals surface area contributed by atoms with Crippen molar-refractivity contribution in [1.29, 1.82) is 0 Å². The number of para-hydroxylation sites is 1. The summed E-state index contributed by atoms with van der Waals surface area (Å²) in [6.45, 7) is 2.56. The molecule has 176 valence electrons. The maximum absolute atomic E-state index is 13.6.